The van der Waals surface area contributed by atoms with Crippen molar-refractivity contribution in [1.29, 1.82) is 0 Å². The second kappa shape index (κ2) is 7.92. The van der Waals surface area contributed by atoms with Gasteiger partial charge in [0.1, 0.15) is 6.54 Å². The van der Waals surface area contributed by atoms with Gasteiger partial charge in [0, 0.05) is 39.6 Å². The highest BCUT2D eigenvalue weighted by Gasteiger charge is 2.11. The van der Waals surface area contributed by atoms with Crippen LogP contribution < -0.4 is 4.57 Å². The Balaban J connectivity index is 1.78. The zero-order chi connectivity index (χ0) is 19.6. The molecule has 0 aliphatic carbocycles. The van der Waals surface area contributed by atoms with Crippen LogP contribution in [0.25, 0.3) is 20.9 Å². The third-order valence-electron chi connectivity index (χ3n) is 4.67. The highest BCUT2D eigenvalue weighted by Crippen LogP contribution is 2.38. The molecule has 0 aliphatic heterocycles. The Morgan fingerprint density at radius 1 is 0.926 bits per heavy atom. The van der Waals surface area contributed by atoms with Gasteiger partial charge in [-0.3, -0.25) is 0 Å². The largest absolute Gasteiger partial charge is 0.748 e. The number of thiophene rings is 1. The van der Waals surface area contributed by atoms with Crippen molar-refractivity contribution in [2.45, 2.75) is 33.7 Å². The number of pyridine rings is 1. The quantitative estimate of drug-likeness (QED) is 0.459. The maximum Gasteiger partial charge on any atom is 0.169 e. The van der Waals surface area contributed by atoms with Crippen LogP contribution in [0.5, 0.6) is 0 Å². The van der Waals surface area contributed by atoms with Crippen molar-refractivity contribution in [3.8, 4) is 20.9 Å². The fourth-order valence-corrected chi connectivity index (χ4v) is 4.65. The van der Waals surface area contributed by atoms with Crippen LogP contribution >= 0.6 is 11.3 Å². The average molecular weight is 402 g/mol. The minimum absolute atomic E-state index is 0.324. The molecule has 142 valence electrons. The lowest BCUT2D eigenvalue weighted by molar-refractivity contribution is -0.696. The number of benzene rings is 1. The summed E-state index contributed by atoms with van der Waals surface area (Å²) in [6, 6.07) is 12.8. The average Bonchev–Trinajstić information content (AvgIpc) is 2.99. The highest BCUT2D eigenvalue weighted by atomic mass is 32.2. The summed E-state index contributed by atoms with van der Waals surface area (Å²) in [6.07, 6.45) is 4.18. The van der Waals surface area contributed by atoms with Gasteiger partial charge in [-0.15, -0.1) is 11.3 Å². The van der Waals surface area contributed by atoms with Gasteiger partial charge in [-0.1, -0.05) is 18.2 Å². The maximum absolute atomic E-state index is 10.7. The molecule has 2 aromatic heterocycles. The highest BCUT2D eigenvalue weighted by molar-refractivity contribution is 7.85. The van der Waals surface area contributed by atoms with E-state index in [4.69, 9.17) is 0 Å². The molecule has 2 heterocycles. The van der Waals surface area contributed by atoms with Gasteiger partial charge in [-0.2, -0.15) is 0 Å². The molecule has 0 radical (unpaired) electrons. The van der Waals surface area contributed by atoms with Gasteiger partial charge in [0.05, 0.1) is 10.1 Å². The summed E-state index contributed by atoms with van der Waals surface area (Å²) in [5, 5.41) is 0. The van der Waals surface area contributed by atoms with Crippen LogP contribution in [0.4, 0.5) is 0 Å². The fourth-order valence-electron chi connectivity index (χ4n) is 2.99. The van der Waals surface area contributed by atoms with Crippen LogP contribution in [-0.2, 0) is 16.7 Å². The van der Waals surface area contributed by atoms with Gasteiger partial charge < -0.3 is 4.55 Å². The Bertz CT molecular complexity index is 1050. The van der Waals surface area contributed by atoms with Crippen LogP contribution in [0.15, 0.2) is 48.8 Å². The number of aryl methyl sites for hydroxylation is 4. The molecule has 27 heavy (non-hydrogen) atoms. The molecule has 0 saturated heterocycles. The monoisotopic (exact) mass is 401 g/mol. The first-order valence-electron chi connectivity index (χ1n) is 8.84. The Kier molecular flexibility index (Phi) is 5.79. The molecule has 0 aliphatic rings. The minimum atomic E-state index is -4.14. The van der Waals surface area contributed by atoms with E-state index in [9.17, 15) is 13.0 Å². The summed E-state index contributed by atoms with van der Waals surface area (Å²) in [6.45, 7) is 6.91. The molecule has 6 heteroatoms. The van der Waals surface area contributed by atoms with E-state index in [0.717, 1.165) is 5.56 Å². The third kappa shape index (κ3) is 5.03. The molecule has 0 atom stereocenters. The number of nitrogens with zero attached hydrogens (tertiary/aromatic N) is 1. The van der Waals surface area contributed by atoms with E-state index in [1.165, 1.54) is 32.0 Å². The number of hydrogen-bond donors (Lipinski definition) is 0. The van der Waals surface area contributed by atoms with Crippen LogP contribution in [-0.4, -0.2) is 18.7 Å². The van der Waals surface area contributed by atoms with Crippen molar-refractivity contribution in [3.05, 3.63) is 65.5 Å². The van der Waals surface area contributed by atoms with E-state index < -0.39 is 10.1 Å². The standard InChI is InChI=1S/C21H23NO3S2/c1-15-5-6-19(13-16(15)2)21-17(3)14-20(26-21)18-7-10-22(11-8-18)9-4-12-27(23,24)25/h5-8,10-11,13-14H,4,9,12H2,1-3H3. The predicted octanol–water partition coefficient (Wildman–Crippen LogP) is 4.23. The van der Waals surface area contributed by atoms with Crippen LogP contribution in [0, 0.1) is 20.8 Å². The van der Waals surface area contributed by atoms with E-state index in [1.54, 1.807) is 11.3 Å². The molecule has 0 saturated carbocycles. The Labute approximate surface area is 164 Å². The molecular formula is C21H23NO3S2. The summed E-state index contributed by atoms with van der Waals surface area (Å²) < 4.78 is 34.0. The first kappa shape index (κ1) is 19.7. The molecule has 3 aromatic rings. The SMILES string of the molecule is Cc1ccc(-c2sc(-c3cc[n+](CCCS(=O)(=O)[O-])cc3)cc2C)cc1C. The number of rotatable bonds is 6. The Morgan fingerprint density at radius 3 is 2.26 bits per heavy atom. The van der Waals surface area contributed by atoms with E-state index >= 15 is 0 Å². The van der Waals surface area contributed by atoms with Gasteiger partial charge in [-0.05, 0) is 49.1 Å². The van der Waals surface area contributed by atoms with Crippen molar-refractivity contribution in [3.63, 3.8) is 0 Å². The predicted molar refractivity (Wildman–Crippen MR) is 109 cm³/mol. The molecule has 0 spiro atoms. The van der Waals surface area contributed by atoms with Crippen LogP contribution in [0.2, 0.25) is 0 Å². The van der Waals surface area contributed by atoms with Gasteiger partial charge in [-0.25, -0.2) is 13.0 Å². The van der Waals surface area contributed by atoms with Gasteiger partial charge in [0.15, 0.2) is 12.4 Å². The number of aromatic nitrogens is 1. The lowest BCUT2D eigenvalue weighted by Crippen LogP contribution is -2.33. The second-order valence-corrected chi connectivity index (χ2v) is 9.44. The first-order valence-corrected chi connectivity index (χ1v) is 11.2. The zero-order valence-electron chi connectivity index (χ0n) is 15.7. The lowest BCUT2D eigenvalue weighted by atomic mass is 10.0. The molecule has 1 aromatic carbocycles. The minimum Gasteiger partial charge on any atom is -0.748 e. The summed E-state index contributed by atoms with van der Waals surface area (Å²) >= 11 is 1.78. The fraction of sp³-hybridized carbons (Fsp3) is 0.286. The summed E-state index contributed by atoms with van der Waals surface area (Å²) in [5.74, 6) is -0.328. The van der Waals surface area contributed by atoms with E-state index in [1.807, 2.05) is 29.1 Å². The second-order valence-electron chi connectivity index (χ2n) is 6.86. The smallest absolute Gasteiger partial charge is 0.169 e. The van der Waals surface area contributed by atoms with Crippen molar-refractivity contribution in [1.82, 2.24) is 0 Å². The molecule has 0 unspecified atom stereocenters. The lowest BCUT2D eigenvalue weighted by Gasteiger charge is -2.04. The molecule has 3 rings (SSSR count). The topological polar surface area (TPSA) is 61.1 Å². The van der Waals surface area contributed by atoms with Crippen LogP contribution in [0.3, 0.4) is 0 Å². The molecule has 0 N–H and O–H groups in total. The van der Waals surface area contributed by atoms with E-state index in [-0.39, 0.29) is 5.75 Å². The molecule has 0 amide bonds. The zero-order valence-corrected chi connectivity index (χ0v) is 17.4. The van der Waals surface area contributed by atoms with Gasteiger partial charge in [0.2, 0.25) is 0 Å². The van der Waals surface area contributed by atoms with Crippen LogP contribution in [0.1, 0.15) is 23.1 Å². The van der Waals surface area contributed by atoms with Crippen molar-refractivity contribution < 1.29 is 17.5 Å². The molecular weight excluding hydrogens is 378 g/mol. The van der Waals surface area contributed by atoms with Crippen molar-refractivity contribution >= 4 is 21.5 Å². The van der Waals surface area contributed by atoms with E-state index in [2.05, 4.69) is 45.0 Å². The Hall–Kier alpha value is -2.02. The molecule has 4 nitrogen and oxygen atoms in total. The van der Waals surface area contributed by atoms with Crippen molar-refractivity contribution in [2.24, 2.45) is 0 Å². The summed E-state index contributed by atoms with van der Waals surface area (Å²) in [7, 11) is -4.14. The first-order chi connectivity index (χ1) is 12.7. The van der Waals surface area contributed by atoms with Gasteiger partial charge >= 0.3 is 0 Å². The van der Waals surface area contributed by atoms with Crippen molar-refractivity contribution in [2.75, 3.05) is 5.75 Å². The molecule has 0 bridgehead atoms. The summed E-state index contributed by atoms with van der Waals surface area (Å²) in [4.78, 5) is 2.49. The maximum atomic E-state index is 10.7. The summed E-state index contributed by atoms with van der Waals surface area (Å²) in [5.41, 5.74) is 6.23. The normalized spacial score (nSPS) is 11.7. The molecule has 0 fully saturated rings. The number of hydrogen-bond acceptors (Lipinski definition) is 4. The van der Waals surface area contributed by atoms with E-state index in [0.29, 0.717) is 13.0 Å². The van der Waals surface area contributed by atoms with Gasteiger partial charge in [0.25, 0.3) is 0 Å². The Morgan fingerprint density at radius 2 is 1.63 bits per heavy atom. The third-order valence-corrected chi connectivity index (χ3v) is 6.80.